The van der Waals surface area contributed by atoms with Gasteiger partial charge in [0.2, 0.25) is 5.91 Å². The van der Waals surface area contributed by atoms with Crippen LogP contribution < -0.4 is 10.6 Å². The van der Waals surface area contributed by atoms with Crippen LogP contribution in [0.15, 0.2) is 18.2 Å². The van der Waals surface area contributed by atoms with Crippen molar-refractivity contribution < 1.29 is 14.7 Å². The van der Waals surface area contributed by atoms with Crippen LogP contribution in [-0.4, -0.2) is 29.1 Å². The molecule has 23 heavy (non-hydrogen) atoms. The highest BCUT2D eigenvalue weighted by Gasteiger charge is 2.23. The lowest BCUT2D eigenvalue weighted by atomic mass is 10.0. The highest BCUT2D eigenvalue weighted by atomic mass is 16.4. The molecule has 2 unspecified atom stereocenters. The number of aryl methyl sites for hydroxylation is 2. The molecule has 128 valence electrons. The smallest absolute Gasteiger partial charge is 0.320 e. The summed E-state index contributed by atoms with van der Waals surface area (Å²) in [5.74, 6) is -1.13. The number of para-hydroxylation sites is 1. The number of carboxylic acid groups (broad SMARTS) is 1. The van der Waals surface area contributed by atoms with Crippen molar-refractivity contribution in [3.8, 4) is 0 Å². The number of anilines is 1. The normalized spacial score (nSPS) is 13.4. The third kappa shape index (κ3) is 5.36. The summed E-state index contributed by atoms with van der Waals surface area (Å²) in [6.07, 6.45) is 2.91. The zero-order valence-corrected chi connectivity index (χ0v) is 14.5. The Hall–Kier alpha value is -1.88. The second kappa shape index (κ2) is 9.30. The number of carbonyl (C=O) groups is 2. The molecule has 1 rings (SSSR count). The molecule has 0 aliphatic rings. The van der Waals surface area contributed by atoms with Crippen molar-refractivity contribution in [3.63, 3.8) is 0 Å². The molecule has 3 N–H and O–H groups in total. The molecule has 0 saturated heterocycles. The van der Waals surface area contributed by atoms with Gasteiger partial charge < -0.3 is 10.4 Å². The Morgan fingerprint density at radius 2 is 1.70 bits per heavy atom. The van der Waals surface area contributed by atoms with E-state index >= 15 is 0 Å². The van der Waals surface area contributed by atoms with E-state index in [1.807, 2.05) is 39.0 Å². The highest BCUT2D eigenvalue weighted by Crippen LogP contribution is 2.22. The lowest BCUT2D eigenvalue weighted by Gasteiger charge is -2.21. The van der Waals surface area contributed by atoms with Crippen molar-refractivity contribution in [1.29, 1.82) is 0 Å². The summed E-state index contributed by atoms with van der Waals surface area (Å²) in [5, 5.41) is 15.1. The third-order valence-electron chi connectivity index (χ3n) is 3.97. The van der Waals surface area contributed by atoms with Gasteiger partial charge in [0, 0.05) is 5.69 Å². The van der Waals surface area contributed by atoms with Gasteiger partial charge in [-0.25, -0.2) is 0 Å². The molecule has 5 nitrogen and oxygen atoms in total. The van der Waals surface area contributed by atoms with E-state index in [2.05, 4.69) is 10.6 Å². The van der Waals surface area contributed by atoms with E-state index in [4.69, 9.17) is 0 Å². The topological polar surface area (TPSA) is 78.4 Å². The number of amides is 1. The van der Waals surface area contributed by atoms with E-state index in [1.165, 1.54) is 0 Å². The standard InChI is InChI=1S/C18H28N2O3/c1-5-9-15(18(22)23)19-12(4)17(21)20-16-13(6-2)10-8-11-14(16)7-3/h8,10-12,15,19H,5-7,9H2,1-4H3,(H,20,21)(H,22,23). The summed E-state index contributed by atoms with van der Waals surface area (Å²) in [6, 6.07) is 4.73. The predicted octanol–water partition coefficient (Wildman–Crippen LogP) is 2.98. The Morgan fingerprint density at radius 1 is 1.13 bits per heavy atom. The molecule has 2 atom stereocenters. The van der Waals surface area contributed by atoms with E-state index in [0.29, 0.717) is 6.42 Å². The van der Waals surface area contributed by atoms with Gasteiger partial charge in [0.25, 0.3) is 0 Å². The molecular formula is C18H28N2O3. The molecule has 0 saturated carbocycles. The zero-order chi connectivity index (χ0) is 17.4. The van der Waals surface area contributed by atoms with Crippen LogP contribution in [0.3, 0.4) is 0 Å². The third-order valence-corrected chi connectivity index (χ3v) is 3.97. The maximum atomic E-state index is 12.4. The van der Waals surface area contributed by atoms with E-state index in [0.717, 1.165) is 36.1 Å². The van der Waals surface area contributed by atoms with Gasteiger partial charge in [0.05, 0.1) is 6.04 Å². The van der Waals surface area contributed by atoms with Crippen molar-refractivity contribution in [2.24, 2.45) is 0 Å². The van der Waals surface area contributed by atoms with E-state index in [-0.39, 0.29) is 5.91 Å². The van der Waals surface area contributed by atoms with Gasteiger partial charge in [0.1, 0.15) is 6.04 Å². The summed E-state index contributed by atoms with van der Waals surface area (Å²) < 4.78 is 0. The van der Waals surface area contributed by atoms with Gasteiger partial charge in [-0.1, -0.05) is 45.4 Å². The zero-order valence-electron chi connectivity index (χ0n) is 14.5. The van der Waals surface area contributed by atoms with Crippen molar-refractivity contribution in [2.45, 2.75) is 65.5 Å². The fourth-order valence-corrected chi connectivity index (χ4v) is 2.58. The number of rotatable bonds is 9. The van der Waals surface area contributed by atoms with E-state index < -0.39 is 18.1 Å². The Bertz CT molecular complexity index is 521. The fraction of sp³-hybridized carbons (Fsp3) is 0.556. The van der Waals surface area contributed by atoms with Gasteiger partial charge in [-0.3, -0.25) is 14.9 Å². The number of hydrogen-bond acceptors (Lipinski definition) is 3. The predicted molar refractivity (Wildman–Crippen MR) is 92.8 cm³/mol. The first kappa shape index (κ1) is 19.2. The van der Waals surface area contributed by atoms with Crippen LogP contribution in [0.5, 0.6) is 0 Å². The Balaban J connectivity index is 2.85. The minimum atomic E-state index is -0.922. The summed E-state index contributed by atoms with van der Waals surface area (Å²) in [7, 11) is 0. The first-order valence-corrected chi connectivity index (χ1v) is 8.34. The van der Waals surface area contributed by atoms with Crippen LogP contribution in [0, 0.1) is 0 Å². The number of nitrogens with one attached hydrogen (secondary N) is 2. The second-order valence-electron chi connectivity index (χ2n) is 5.72. The van der Waals surface area contributed by atoms with Crippen LogP contribution in [0.4, 0.5) is 5.69 Å². The summed E-state index contributed by atoms with van der Waals surface area (Å²) >= 11 is 0. The minimum Gasteiger partial charge on any atom is -0.480 e. The average Bonchev–Trinajstić information content (AvgIpc) is 2.54. The van der Waals surface area contributed by atoms with Crippen LogP contribution in [-0.2, 0) is 22.4 Å². The van der Waals surface area contributed by atoms with Crippen molar-refractivity contribution in [2.75, 3.05) is 5.32 Å². The first-order chi connectivity index (χ1) is 10.9. The van der Waals surface area contributed by atoms with Crippen molar-refractivity contribution >= 4 is 17.6 Å². The van der Waals surface area contributed by atoms with Crippen LogP contribution in [0.25, 0.3) is 0 Å². The minimum absolute atomic E-state index is 0.206. The quantitative estimate of drug-likeness (QED) is 0.653. The fourth-order valence-electron chi connectivity index (χ4n) is 2.58. The van der Waals surface area contributed by atoms with Crippen molar-refractivity contribution in [1.82, 2.24) is 5.32 Å². The summed E-state index contributed by atoms with van der Waals surface area (Å²) in [5.41, 5.74) is 3.04. The Kier molecular flexibility index (Phi) is 7.75. The summed E-state index contributed by atoms with van der Waals surface area (Å²) in [4.78, 5) is 23.7. The Morgan fingerprint density at radius 3 is 2.13 bits per heavy atom. The average molecular weight is 320 g/mol. The molecule has 0 fully saturated rings. The molecule has 0 aromatic heterocycles. The maximum absolute atomic E-state index is 12.4. The lowest BCUT2D eigenvalue weighted by molar-refractivity contribution is -0.140. The largest absolute Gasteiger partial charge is 0.480 e. The van der Waals surface area contributed by atoms with Gasteiger partial charge in [-0.05, 0) is 37.3 Å². The second-order valence-corrected chi connectivity index (χ2v) is 5.72. The monoisotopic (exact) mass is 320 g/mol. The van der Waals surface area contributed by atoms with Gasteiger partial charge in [-0.2, -0.15) is 0 Å². The molecule has 0 bridgehead atoms. The maximum Gasteiger partial charge on any atom is 0.320 e. The number of aliphatic carboxylic acids is 1. The van der Waals surface area contributed by atoms with Gasteiger partial charge in [0.15, 0.2) is 0 Å². The molecule has 0 heterocycles. The van der Waals surface area contributed by atoms with Gasteiger partial charge >= 0.3 is 5.97 Å². The van der Waals surface area contributed by atoms with E-state index in [1.54, 1.807) is 6.92 Å². The lowest BCUT2D eigenvalue weighted by Crippen LogP contribution is -2.47. The number of hydrogen-bond donors (Lipinski definition) is 3. The van der Waals surface area contributed by atoms with Crippen LogP contribution >= 0.6 is 0 Å². The molecule has 5 heteroatoms. The van der Waals surface area contributed by atoms with Crippen LogP contribution in [0.2, 0.25) is 0 Å². The number of benzene rings is 1. The molecule has 0 radical (unpaired) electrons. The molecule has 0 spiro atoms. The highest BCUT2D eigenvalue weighted by molar-refractivity contribution is 5.96. The SMILES string of the molecule is CCCC(NC(C)C(=O)Nc1c(CC)cccc1CC)C(=O)O. The molecule has 1 aromatic rings. The molecule has 1 amide bonds. The molecule has 0 aliphatic carbocycles. The molecule has 0 aliphatic heterocycles. The Labute approximate surface area is 138 Å². The number of carbonyl (C=O) groups excluding carboxylic acids is 1. The number of carboxylic acids is 1. The first-order valence-electron chi connectivity index (χ1n) is 8.34. The van der Waals surface area contributed by atoms with Crippen LogP contribution in [0.1, 0.15) is 51.7 Å². The molecular weight excluding hydrogens is 292 g/mol. The summed E-state index contributed by atoms with van der Waals surface area (Å²) in [6.45, 7) is 7.72. The van der Waals surface area contributed by atoms with Crippen molar-refractivity contribution in [3.05, 3.63) is 29.3 Å². The van der Waals surface area contributed by atoms with Gasteiger partial charge in [-0.15, -0.1) is 0 Å². The molecule has 1 aromatic carbocycles. The van der Waals surface area contributed by atoms with E-state index in [9.17, 15) is 14.7 Å².